The Hall–Kier alpha value is -2.73. The van der Waals surface area contributed by atoms with Gasteiger partial charge < -0.3 is 9.47 Å². The van der Waals surface area contributed by atoms with E-state index in [-0.39, 0.29) is 17.9 Å². The summed E-state index contributed by atoms with van der Waals surface area (Å²) in [5.74, 6) is 1.93. The summed E-state index contributed by atoms with van der Waals surface area (Å²) in [5, 5.41) is 0.620. The van der Waals surface area contributed by atoms with E-state index in [1.165, 1.54) is 0 Å². The van der Waals surface area contributed by atoms with Crippen molar-refractivity contribution in [2.45, 2.75) is 32.2 Å². The van der Waals surface area contributed by atoms with Crippen molar-refractivity contribution >= 4 is 23.2 Å². The van der Waals surface area contributed by atoms with E-state index in [9.17, 15) is 4.79 Å². The molecule has 0 radical (unpaired) electrons. The summed E-state index contributed by atoms with van der Waals surface area (Å²) in [5.41, 5.74) is 1.67. The third-order valence-corrected chi connectivity index (χ3v) is 4.97. The molecule has 1 unspecified atom stereocenters. The molecule has 1 atom stereocenters. The van der Waals surface area contributed by atoms with Gasteiger partial charge >= 0.3 is 0 Å². The molecule has 0 aliphatic carbocycles. The summed E-state index contributed by atoms with van der Waals surface area (Å²) in [4.78, 5) is 27.7. The summed E-state index contributed by atoms with van der Waals surface area (Å²) < 4.78 is 2.04. The zero-order chi connectivity index (χ0) is 19.0. The van der Waals surface area contributed by atoms with E-state index in [1.807, 2.05) is 29.0 Å². The van der Waals surface area contributed by atoms with Gasteiger partial charge in [-0.1, -0.05) is 31.5 Å². The first-order valence-electron chi connectivity index (χ1n) is 8.94. The highest BCUT2D eigenvalue weighted by Gasteiger charge is 2.33. The van der Waals surface area contributed by atoms with Crippen LogP contribution in [-0.2, 0) is 4.79 Å². The molecule has 2 aromatic heterocycles. The van der Waals surface area contributed by atoms with Gasteiger partial charge in [0, 0.05) is 54.4 Å². The molecule has 7 heteroatoms. The SMILES string of the molecule is CC(C)c1ncc(-c2nccn2C2CC(=O)N(c3cccc(Cl)c3)C2)cn1. The number of halogens is 1. The largest absolute Gasteiger partial charge is 0.326 e. The molecule has 1 aliphatic rings. The quantitative estimate of drug-likeness (QED) is 0.682. The molecular weight excluding hydrogens is 362 g/mol. The van der Waals surface area contributed by atoms with Crippen molar-refractivity contribution in [1.82, 2.24) is 19.5 Å². The Labute approximate surface area is 162 Å². The fourth-order valence-corrected chi connectivity index (χ4v) is 3.54. The van der Waals surface area contributed by atoms with Gasteiger partial charge in [-0.05, 0) is 18.2 Å². The summed E-state index contributed by atoms with van der Waals surface area (Å²) in [6.45, 7) is 4.70. The smallest absolute Gasteiger partial charge is 0.229 e. The maximum Gasteiger partial charge on any atom is 0.229 e. The Balaban J connectivity index is 1.60. The standard InChI is InChI=1S/C20H20ClN5O/c1-13(2)19-23-10-14(11-24-19)20-22-6-7-25(20)17-9-18(27)26(12-17)16-5-3-4-15(21)8-16/h3-8,10-11,13,17H,9,12H2,1-2H3. The molecule has 0 spiro atoms. The van der Waals surface area contributed by atoms with Gasteiger partial charge in [-0.2, -0.15) is 0 Å². The topological polar surface area (TPSA) is 63.9 Å². The number of hydrogen-bond acceptors (Lipinski definition) is 4. The first-order valence-corrected chi connectivity index (χ1v) is 9.32. The average molecular weight is 382 g/mol. The van der Waals surface area contributed by atoms with Crippen molar-refractivity contribution in [3.8, 4) is 11.4 Å². The normalized spacial score (nSPS) is 17.1. The van der Waals surface area contributed by atoms with Crippen LogP contribution in [0, 0.1) is 0 Å². The fourth-order valence-electron chi connectivity index (χ4n) is 3.35. The lowest BCUT2D eigenvalue weighted by Crippen LogP contribution is -2.24. The van der Waals surface area contributed by atoms with Crippen molar-refractivity contribution < 1.29 is 4.79 Å². The van der Waals surface area contributed by atoms with Crippen molar-refractivity contribution in [1.29, 1.82) is 0 Å². The average Bonchev–Trinajstić information content (AvgIpc) is 3.28. The number of benzene rings is 1. The molecule has 6 nitrogen and oxygen atoms in total. The van der Waals surface area contributed by atoms with Gasteiger partial charge in [0.2, 0.25) is 5.91 Å². The van der Waals surface area contributed by atoms with Crippen LogP contribution in [0.3, 0.4) is 0 Å². The van der Waals surface area contributed by atoms with Crippen molar-refractivity contribution in [3.63, 3.8) is 0 Å². The predicted molar refractivity (Wildman–Crippen MR) is 105 cm³/mol. The second-order valence-corrected chi connectivity index (χ2v) is 7.42. The monoisotopic (exact) mass is 381 g/mol. The van der Waals surface area contributed by atoms with Crippen LogP contribution in [0.25, 0.3) is 11.4 Å². The molecule has 3 aromatic rings. The van der Waals surface area contributed by atoms with Gasteiger partial charge in [0.1, 0.15) is 11.6 Å². The van der Waals surface area contributed by atoms with E-state index in [0.717, 1.165) is 22.9 Å². The number of imidazole rings is 1. The summed E-state index contributed by atoms with van der Waals surface area (Å²) in [6, 6.07) is 7.37. The number of hydrogen-bond donors (Lipinski definition) is 0. The number of rotatable bonds is 4. The van der Waals surface area contributed by atoms with Crippen LogP contribution < -0.4 is 4.90 Å². The Morgan fingerprint density at radius 1 is 1.19 bits per heavy atom. The molecule has 1 aliphatic heterocycles. The van der Waals surface area contributed by atoms with Gasteiger partial charge in [0.25, 0.3) is 0 Å². The summed E-state index contributed by atoms with van der Waals surface area (Å²) in [7, 11) is 0. The van der Waals surface area contributed by atoms with E-state index < -0.39 is 0 Å². The van der Waals surface area contributed by atoms with Crippen LogP contribution in [0.4, 0.5) is 5.69 Å². The highest BCUT2D eigenvalue weighted by atomic mass is 35.5. The number of amides is 1. The second kappa shape index (κ2) is 7.12. The zero-order valence-corrected chi connectivity index (χ0v) is 16.0. The minimum absolute atomic E-state index is 0.00115. The first-order chi connectivity index (χ1) is 13.0. The third-order valence-electron chi connectivity index (χ3n) is 4.73. The Kier molecular flexibility index (Phi) is 4.66. The van der Waals surface area contributed by atoms with Crippen molar-refractivity contribution in [2.75, 3.05) is 11.4 Å². The van der Waals surface area contributed by atoms with Gasteiger partial charge in [0.15, 0.2) is 0 Å². The molecule has 0 saturated carbocycles. The molecule has 1 fully saturated rings. The molecule has 1 amide bonds. The molecule has 138 valence electrons. The fraction of sp³-hybridized carbons (Fsp3) is 0.300. The molecule has 4 rings (SSSR count). The minimum atomic E-state index is -0.00115. The molecule has 1 saturated heterocycles. The number of aromatic nitrogens is 4. The van der Waals surface area contributed by atoms with E-state index in [0.29, 0.717) is 18.0 Å². The van der Waals surface area contributed by atoms with Crippen LogP contribution in [0.2, 0.25) is 5.02 Å². The maximum absolute atomic E-state index is 12.6. The molecular formula is C20H20ClN5O. The van der Waals surface area contributed by atoms with Crippen LogP contribution in [-0.4, -0.2) is 32.0 Å². The highest BCUT2D eigenvalue weighted by Crippen LogP contribution is 2.32. The van der Waals surface area contributed by atoms with Gasteiger partial charge in [-0.3, -0.25) is 4.79 Å². The van der Waals surface area contributed by atoms with Gasteiger partial charge in [0.05, 0.1) is 11.6 Å². The summed E-state index contributed by atoms with van der Waals surface area (Å²) >= 11 is 6.08. The van der Waals surface area contributed by atoms with Crippen LogP contribution in [0.1, 0.15) is 38.1 Å². The van der Waals surface area contributed by atoms with Gasteiger partial charge in [-0.15, -0.1) is 0 Å². The molecule has 27 heavy (non-hydrogen) atoms. The third kappa shape index (κ3) is 3.45. The second-order valence-electron chi connectivity index (χ2n) is 6.98. The minimum Gasteiger partial charge on any atom is -0.326 e. The van der Waals surface area contributed by atoms with E-state index >= 15 is 0 Å². The molecule has 0 bridgehead atoms. The molecule has 0 N–H and O–H groups in total. The first kappa shape index (κ1) is 17.7. The number of carbonyl (C=O) groups is 1. The Morgan fingerprint density at radius 3 is 2.67 bits per heavy atom. The van der Waals surface area contributed by atoms with E-state index in [2.05, 4.69) is 28.8 Å². The molecule has 1 aromatic carbocycles. The van der Waals surface area contributed by atoms with Crippen molar-refractivity contribution in [3.05, 3.63) is 59.9 Å². The van der Waals surface area contributed by atoms with Gasteiger partial charge in [-0.25, -0.2) is 15.0 Å². The lowest BCUT2D eigenvalue weighted by atomic mass is 10.2. The number of anilines is 1. The van der Waals surface area contributed by atoms with Crippen molar-refractivity contribution in [2.24, 2.45) is 0 Å². The van der Waals surface area contributed by atoms with E-state index in [1.54, 1.807) is 29.6 Å². The predicted octanol–water partition coefficient (Wildman–Crippen LogP) is 4.09. The van der Waals surface area contributed by atoms with E-state index in [4.69, 9.17) is 11.6 Å². The van der Waals surface area contributed by atoms with Crippen LogP contribution >= 0.6 is 11.6 Å². The lowest BCUT2D eigenvalue weighted by Gasteiger charge is -2.18. The molecule has 3 heterocycles. The Morgan fingerprint density at radius 2 is 1.96 bits per heavy atom. The van der Waals surface area contributed by atoms with Crippen LogP contribution in [0.15, 0.2) is 49.1 Å². The Bertz CT molecular complexity index is 967. The summed E-state index contributed by atoms with van der Waals surface area (Å²) in [6.07, 6.45) is 7.67. The van der Waals surface area contributed by atoms with Crippen LogP contribution in [0.5, 0.6) is 0 Å². The number of nitrogens with zero attached hydrogens (tertiary/aromatic N) is 5. The maximum atomic E-state index is 12.6. The highest BCUT2D eigenvalue weighted by molar-refractivity contribution is 6.30. The zero-order valence-electron chi connectivity index (χ0n) is 15.2. The number of carbonyl (C=O) groups excluding carboxylic acids is 1. The lowest BCUT2D eigenvalue weighted by molar-refractivity contribution is -0.117.